The van der Waals surface area contributed by atoms with E-state index in [4.69, 9.17) is 0 Å². The van der Waals surface area contributed by atoms with Gasteiger partial charge in [0.15, 0.2) is 0 Å². The Balaban J connectivity index is 1.63. The molecule has 0 atom stereocenters. The Morgan fingerprint density at radius 3 is 2.36 bits per heavy atom. The summed E-state index contributed by atoms with van der Waals surface area (Å²) >= 11 is 0. The summed E-state index contributed by atoms with van der Waals surface area (Å²) in [7, 11) is 3.89. The third kappa shape index (κ3) is 5.30. The van der Waals surface area contributed by atoms with E-state index >= 15 is 0 Å². The third-order valence-corrected chi connectivity index (χ3v) is 4.17. The van der Waals surface area contributed by atoms with E-state index in [2.05, 4.69) is 20.6 Å². The Hall–Kier alpha value is -3.41. The number of benzene rings is 2. The second-order valence-electron chi connectivity index (χ2n) is 6.97. The van der Waals surface area contributed by atoms with Crippen LogP contribution in [0.3, 0.4) is 0 Å². The summed E-state index contributed by atoms with van der Waals surface area (Å²) in [5.41, 5.74) is 3.81. The van der Waals surface area contributed by atoms with E-state index in [9.17, 15) is 4.79 Å². The summed E-state index contributed by atoms with van der Waals surface area (Å²) in [5, 5.41) is 6.21. The van der Waals surface area contributed by atoms with Crippen LogP contribution in [0, 0.1) is 13.8 Å². The number of rotatable bonds is 6. The van der Waals surface area contributed by atoms with Gasteiger partial charge in [0.05, 0.1) is 6.42 Å². The fraction of sp³-hybridized carbons (Fsp3) is 0.227. The minimum atomic E-state index is -0.0339. The number of aromatic nitrogens is 2. The van der Waals surface area contributed by atoms with Crippen molar-refractivity contribution in [2.75, 3.05) is 29.6 Å². The summed E-state index contributed by atoms with van der Waals surface area (Å²) < 4.78 is 0. The van der Waals surface area contributed by atoms with Crippen molar-refractivity contribution in [1.29, 1.82) is 0 Å². The van der Waals surface area contributed by atoms with Gasteiger partial charge in [0.1, 0.15) is 17.5 Å². The molecule has 0 aliphatic carbocycles. The first-order chi connectivity index (χ1) is 13.4. The second kappa shape index (κ2) is 8.52. The molecule has 1 amide bonds. The van der Waals surface area contributed by atoms with Crippen LogP contribution in [0.25, 0.3) is 0 Å². The summed E-state index contributed by atoms with van der Waals surface area (Å²) in [6, 6.07) is 17.4. The van der Waals surface area contributed by atoms with E-state index in [0.29, 0.717) is 12.2 Å². The molecule has 0 fully saturated rings. The lowest BCUT2D eigenvalue weighted by Crippen LogP contribution is -2.14. The number of carbonyl (C=O) groups excluding carboxylic acids is 1. The van der Waals surface area contributed by atoms with Crippen LogP contribution in [0.1, 0.15) is 17.0 Å². The van der Waals surface area contributed by atoms with Crippen molar-refractivity contribution >= 4 is 28.9 Å². The van der Waals surface area contributed by atoms with Gasteiger partial charge in [0.2, 0.25) is 5.91 Å². The largest absolute Gasteiger partial charge is 0.363 e. The molecule has 0 saturated carbocycles. The van der Waals surface area contributed by atoms with Crippen LogP contribution in [0.4, 0.5) is 23.0 Å². The number of aryl methyl sites for hydroxylation is 2. The summed E-state index contributed by atoms with van der Waals surface area (Å²) in [4.78, 5) is 23.0. The Morgan fingerprint density at radius 1 is 0.964 bits per heavy atom. The highest BCUT2D eigenvalue weighted by atomic mass is 16.1. The van der Waals surface area contributed by atoms with Gasteiger partial charge in [-0.05, 0) is 43.7 Å². The molecule has 0 saturated heterocycles. The maximum Gasteiger partial charge on any atom is 0.228 e. The SMILES string of the molecule is Cc1cccc(CC(=O)Nc2ccc(Nc3cc(N(C)C)nc(C)n3)cc2)c1. The Bertz CT molecular complexity index is 967. The normalized spacial score (nSPS) is 10.4. The minimum Gasteiger partial charge on any atom is -0.363 e. The highest BCUT2D eigenvalue weighted by Crippen LogP contribution is 2.20. The Labute approximate surface area is 165 Å². The van der Waals surface area contributed by atoms with Gasteiger partial charge in [-0.3, -0.25) is 4.79 Å². The first-order valence-corrected chi connectivity index (χ1v) is 9.14. The monoisotopic (exact) mass is 375 g/mol. The quantitative estimate of drug-likeness (QED) is 0.679. The topological polar surface area (TPSA) is 70.2 Å². The predicted molar refractivity (Wildman–Crippen MR) is 114 cm³/mol. The van der Waals surface area contributed by atoms with Crippen LogP contribution >= 0.6 is 0 Å². The van der Waals surface area contributed by atoms with Gasteiger partial charge in [-0.1, -0.05) is 29.8 Å². The summed E-state index contributed by atoms with van der Waals surface area (Å²) in [5.74, 6) is 2.24. The third-order valence-electron chi connectivity index (χ3n) is 4.17. The number of carbonyl (C=O) groups is 1. The standard InChI is InChI=1S/C22H25N5O/c1-15-6-5-7-17(12-15)13-22(28)26-19-10-8-18(9-11-19)25-20-14-21(27(3)4)24-16(2)23-20/h5-12,14H,13H2,1-4H3,(H,26,28)(H,23,24,25). The van der Waals surface area contributed by atoms with Crippen LogP contribution in [0.15, 0.2) is 54.6 Å². The molecule has 1 heterocycles. The number of anilines is 4. The Kier molecular flexibility index (Phi) is 5.89. The van der Waals surface area contributed by atoms with E-state index in [1.54, 1.807) is 0 Å². The predicted octanol–water partition coefficient (Wildman–Crippen LogP) is 4.08. The molecule has 0 spiro atoms. The number of hydrogen-bond acceptors (Lipinski definition) is 5. The second-order valence-corrected chi connectivity index (χ2v) is 6.97. The number of hydrogen-bond donors (Lipinski definition) is 2. The van der Waals surface area contributed by atoms with Crippen molar-refractivity contribution in [3.8, 4) is 0 Å². The van der Waals surface area contributed by atoms with Crippen LogP contribution in [0.2, 0.25) is 0 Å². The van der Waals surface area contributed by atoms with Gasteiger partial charge in [-0.15, -0.1) is 0 Å². The molecule has 1 aromatic heterocycles. The molecule has 6 heteroatoms. The molecule has 3 rings (SSSR count). The number of amides is 1. The molecule has 0 radical (unpaired) electrons. The highest BCUT2D eigenvalue weighted by molar-refractivity contribution is 5.92. The molecule has 3 aromatic rings. The van der Waals surface area contributed by atoms with E-state index in [0.717, 1.165) is 34.1 Å². The van der Waals surface area contributed by atoms with E-state index in [-0.39, 0.29) is 5.91 Å². The highest BCUT2D eigenvalue weighted by Gasteiger charge is 2.06. The van der Waals surface area contributed by atoms with Crippen molar-refractivity contribution in [1.82, 2.24) is 9.97 Å². The van der Waals surface area contributed by atoms with Gasteiger partial charge < -0.3 is 15.5 Å². The zero-order valence-corrected chi connectivity index (χ0v) is 16.7. The first-order valence-electron chi connectivity index (χ1n) is 9.14. The van der Waals surface area contributed by atoms with Crippen LogP contribution < -0.4 is 15.5 Å². The number of nitrogens with one attached hydrogen (secondary N) is 2. The minimum absolute atomic E-state index is 0.0339. The van der Waals surface area contributed by atoms with Gasteiger partial charge in [-0.2, -0.15) is 0 Å². The molecular formula is C22H25N5O. The molecule has 0 bridgehead atoms. The molecule has 2 aromatic carbocycles. The molecule has 0 aliphatic rings. The molecule has 0 aliphatic heterocycles. The number of nitrogens with zero attached hydrogens (tertiary/aromatic N) is 3. The van der Waals surface area contributed by atoms with Gasteiger partial charge in [0, 0.05) is 31.5 Å². The van der Waals surface area contributed by atoms with Crippen LogP contribution in [0.5, 0.6) is 0 Å². The smallest absolute Gasteiger partial charge is 0.228 e. The first kappa shape index (κ1) is 19.4. The van der Waals surface area contributed by atoms with Crippen molar-refractivity contribution < 1.29 is 4.79 Å². The molecule has 28 heavy (non-hydrogen) atoms. The summed E-state index contributed by atoms with van der Waals surface area (Å²) in [6.45, 7) is 3.89. The molecule has 2 N–H and O–H groups in total. The maximum atomic E-state index is 12.3. The maximum absolute atomic E-state index is 12.3. The average Bonchev–Trinajstić information content (AvgIpc) is 2.63. The average molecular weight is 375 g/mol. The van der Waals surface area contributed by atoms with Gasteiger partial charge in [-0.25, -0.2) is 9.97 Å². The lowest BCUT2D eigenvalue weighted by atomic mass is 10.1. The van der Waals surface area contributed by atoms with Crippen LogP contribution in [-0.4, -0.2) is 30.0 Å². The van der Waals surface area contributed by atoms with E-state index < -0.39 is 0 Å². The van der Waals surface area contributed by atoms with Crippen LogP contribution in [-0.2, 0) is 11.2 Å². The lowest BCUT2D eigenvalue weighted by molar-refractivity contribution is -0.115. The van der Waals surface area contributed by atoms with Gasteiger partial charge in [0.25, 0.3) is 0 Å². The lowest BCUT2D eigenvalue weighted by Gasteiger charge is -2.14. The molecule has 144 valence electrons. The Morgan fingerprint density at radius 2 is 1.68 bits per heavy atom. The zero-order chi connectivity index (χ0) is 20.1. The molecular weight excluding hydrogens is 350 g/mol. The van der Waals surface area contributed by atoms with Crippen molar-refractivity contribution in [3.05, 3.63) is 71.5 Å². The van der Waals surface area contributed by atoms with Gasteiger partial charge >= 0.3 is 0 Å². The molecule has 0 unspecified atom stereocenters. The van der Waals surface area contributed by atoms with Crippen molar-refractivity contribution in [2.45, 2.75) is 20.3 Å². The van der Waals surface area contributed by atoms with Crippen molar-refractivity contribution in [2.24, 2.45) is 0 Å². The van der Waals surface area contributed by atoms with Crippen molar-refractivity contribution in [3.63, 3.8) is 0 Å². The summed E-state index contributed by atoms with van der Waals surface area (Å²) in [6.07, 6.45) is 0.356. The fourth-order valence-electron chi connectivity index (χ4n) is 2.84. The fourth-order valence-corrected chi connectivity index (χ4v) is 2.84. The molecule has 6 nitrogen and oxygen atoms in total. The van der Waals surface area contributed by atoms with E-state index in [1.807, 2.05) is 87.4 Å². The van der Waals surface area contributed by atoms with E-state index in [1.165, 1.54) is 0 Å². The zero-order valence-electron chi connectivity index (χ0n) is 16.7.